The van der Waals surface area contributed by atoms with Gasteiger partial charge in [0.05, 0.1) is 6.54 Å². The number of benzene rings is 2. The summed E-state index contributed by atoms with van der Waals surface area (Å²) in [5, 5.41) is 11.6. The van der Waals surface area contributed by atoms with E-state index in [4.69, 9.17) is 0 Å². The minimum Gasteiger partial charge on any atom is -0.363 e. The summed E-state index contributed by atoms with van der Waals surface area (Å²) in [6, 6.07) is 16.2. The number of aryl methyl sites for hydroxylation is 1. The average Bonchev–Trinajstić information content (AvgIpc) is 3.11. The zero-order valence-electron chi connectivity index (χ0n) is 12.1. The minimum atomic E-state index is -1.08. The Labute approximate surface area is 124 Å². The summed E-state index contributed by atoms with van der Waals surface area (Å²) in [5.41, 5.74) is 3.08. The molecular formula is C18H18N2O. The van der Waals surface area contributed by atoms with Gasteiger partial charge in [-0.15, -0.1) is 0 Å². The highest BCUT2D eigenvalue weighted by Crippen LogP contribution is 2.44. The van der Waals surface area contributed by atoms with Crippen LogP contribution in [-0.2, 0) is 12.1 Å². The largest absolute Gasteiger partial charge is 0.363 e. The molecule has 0 saturated carbocycles. The molecule has 2 aliphatic rings. The predicted molar refractivity (Wildman–Crippen MR) is 83.4 cm³/mol. The van der Waals surface area contributed by atoms with Crippen molar-refractivity contribution in [3.63, 3.8) is 0 Å². The van der Waals surface area contributed by atoms with E-state index in [0.29, 0.717) is 0 Å². The Morgan fingerprint density at radius 2 is 1.81 bits per heavy atom. The Morgan fingerprint density at radius 3 is 2.62 bits per heavy atom. The maximum absolute atomic E-state index is 11.6. The molecule has 21 heavy (non-hydrogen) atoms. The summed E-state index contributed by atoms with van der Waals surface area (Å²) in [5.74, 6) is 0.930. The van der Waals surface area contributed by atoms with Gasteiger partial charge in [-0.2, -0.15) is 0 Å². The molecule has 1 unspecified atom stereocenters. The van der Waals surface area contributed by atoms with Gasteiger partial charge in [0, 0.05) is 23.2 Å². The lowest BCUT2D eigenvalue weighted by molar-refractivity contribution is -0.0249. The molecule has 0 bridgehead atoms. The summed E-state index contributed by atoms with van der Waals surface area (Å²) in [7, 11) is 0. The molecule has 2 aromatic rings. The van der Waals surface area contributed by atoms with Gasteiger partial charge in [-0.3, -0.25) is 4.99 Å². The number of nitrogens with zero attached hydrogens (tertiary/aromatic N) is 2. The SMILES string of the molecule is CCc1ccccc1C1(O)c2ccccc2C2=NCCN21. The van der Waals surface area contributed by atoms with Gasteiger partial charge in [0.2, 0.25) is 0 Å². The maximum atomic E-state index is 11.6. The van der Waals surface area contributed by atoms with E-state index in [1.807, 2.05) is 41.3 Å². The molecule has 106 valence electrons. The first kappa shape index (κ1) is 12.6. The van der Waals surface area contributed by atoms with Gasteiger partial charge in [0.25, 0.3) is 0 Å². The number of rotatable bonds is 2. The third-order valence-corrected chi connectivity index (χ3v) is 4.55. The summed E-state index contributed by atoms with van der Waals surface area (Å²) in [6.45, 7) is 3.64. The van der Waals surface area contributed by atoms with Crippen LogP contribution < -0.4 is 0 Å². The maximum Gasteiger partial charge on any atom is 0.193 e. The van der Waals surface area contributed by atoms with Crippen LogP contribution in [0.3, 0.4) is 0 Å². The highest BCUT2D eigenvalue weighted by Gasteiger charge is 2.50. The van der Waals surface area contributed by atoms with Crippen LogP contribution >= 0.6 is 0 Å². The molecule has 0 fully saturated rings. The fourth-order valence-corrected chi connectivity index (χ4v) is 3.58. The lowest BCUT2D eigenvalue weighted by atomic mass is 9.89. The molecule has 0 spiro atoms. The van der Waals surface area contributed by atoms with Crippen molar-refractivity contribution in [3.05, 3.63) is 70.8 Å². The van der Waals surface area contributed by atoms with Gasteiger partial charge in [0.15, 0.2) is 5.72 Å². The summed E-state index contributed by atoms with van der Waals surface area (Å²) in [6.07, 6.45) is 0.904. The Kier molecular flexibility index (Phi) is 2.66. The molecular weight excluding hydrogens is 260 g/mol. The average molecular weight is 278 g/mol. The highest BCUT2D eigenvalue weighted by atomic mass is 16.3. The fourth-order valence-electron chi connectivity index (χ4n) is 3.58. The van der Waals surface area contributed by atoms with Crippen LogP contribution in [0.4, 0.5) is 0 Å². The second kappa shape index (κ2) is 4.43. The highest BCUT2D eigenvalue weighted by molar-refractivity contribution is 6.05. The van der Waals surface area contributed by atoms with E-state index in [1.165, 1.54) is 5.56 Å². The van der Waals surface area contributed by atoms with Crippen molar-refractivity contribution in [3.8, 4) is 0 Å². The molecule has 1 N–H and O–H groups in total. The van der Waals surface area contributed by atoms with Crippen molar-refractivity contribution in [2.24, 2.45) is 4.99 Å². The van der Waals surface area contributed by atoms with Gasteiger partial charge in [-0.25, -0.2) is 0 Å². The molecule has 2 heterocycles. The van der Waals surface area contributed by atoms with Crippen molar-refractivity contribution < 1.29 is 5.11 Å². The van der Waals surface area contributed by atoms with Gasteiger partial charge < -0.3 is 10.0 Å². The third kappa shape index (κ3) is 1.55. The predicted octanol–water partition coefficient (Wildman–Crippen LogP) is 2.52. The number of fused-ring (bicyclic) bond motifs is 3. The molecule has 0 aliphatic carbocycles. The van der Waals surface area contributed by atoms with E-state index in [9.17, 15) is 5.11 Å². The van der Waals surface area contributed by atoms with Crippen LogP contribution in [0.15, 0.2) is 53.5 Å². The summed E-state index contributed by atoms with van der Waals surface area (Å²) < 4.78 is 0. The topological polar surface area (TPSA) is 35.8 Å². The fraction of sp³-hybridized carbons (Fsp3) is 0.278. The number of aliphatic imine (C=N–C) groups is 1. The van der Waals surface area contributed by atoms with E-state index >= 15 is 0 Å². The second-order valence-corrected chi connectivity index (χ2v) is 5.59. The van der Waals surface area contributed by atoms with E-state index in [0.717, 1.165) is 42.0 Å². The quantitative estimate of drug-likeness (QED) is 0.916. The van der Waals surface area contributed by atoms with Crippen molar-refractivity contribution in [2.45, 2.75) is 19.1 Å². The first-order chi connectivity index (χ1) is 10.3. The van der Waals surface area contributed by atoms with Crippen LogP contribution in [-0.4, -0.2) is 28.9 Å². The molecule has 2 aliphatic heterocycles. The Balaban J connectivity index is 2.01. The van der Waals surface area contributed by atoms with E-state index < -0.39 is 5.72 Å². The monoisotopic (exact) mass is 278 g/mol. The first-order valence-corrected chi connectivity index (χ1v) is 7.49. The third-order valence-electron chi connectivity index (χ3n) is 4.55. The number of amidine groups is 1. The summed E-state index contributed by atoms with van der Waals surface area (Å²) in [4.78, 5) is 6.65. The molecule has 0 amide bonds. The van der Waals surface area contributed by atoms with Crippen LogP contribution in [0.5, 0.6) is 0 Å². The van der Waals surface area contributed by atoms with E-state index in [2.05, 4.69) is 24.0 Å². The van der Waals surface area contributed by atoms with Crippen molar-refractivity contribution in [1.29, 1.82) is 0 Å². The van der Waals surface area contributed by atoms with E-state index in [-0.39, 0.29) is 0 Å². The molecule has 3 heteroatoms. The van der Waals surface area contributed by atoms with Crippen LogP contribution in [0.25, 0.3) is 0 Å². The smallest absolute Gasteiger partial charge is 0.193 e. The molecule has 2 aromatic carbocycles. The first-order valence-electron chi connectivity index (χ1n) is 7.49. The van der Waals surface area contributed by atoms with Gasteiger partial charge in [0.1, 0.15) is 5.84 Å². The zero-order valence-corrected chi connectivity index (χ0v) is 12.1. The molecule has 3 nitrogen and oxygen atoms in total. The number of hydrogen-bond acceptors (Lipinski definition) is 3. The molecule has 0 radical (unpaired) electrons. The van der Waals surface area contributed by atoms with Crippen LogP contribution in [0, 0.1) is 0 Å². The second-order valence-electron chi connectivity index (χ2n) is 5.59. The van der Waals surface area contributed by atoms with Crippen LogP contribution in [0.1, 0.15) is 29.2 Å². The zero-order chi connectivity index (χ0) is 14.4. The lowest BCUT2D eigenvalue weighted by Crippen LogP contribution is -2.44. The number of aliphatic hydroxyl groups is 1. The molecule has 0 saturated heterocycles. The Bertz CT molecular complexity index is 738. The van der Waals surface area contributed by atoms with Crippen molar-refractivity contribution >= 4 is 5.84 Å². The van der Waals surface area contributed by atoms with Gasteiger partial charge in [-0.1, -0.05) is 55.5 Å². The molecule has 4 rings (SSSR count). The van der Waals surface area contributed by atoms with Crippen LogP contribution in [0.2, 0.25) is 0 Å². The standard InChI is InChI=1S/C18H18N2O/c1-2-13-7-3-5-9-15(13)18(21)16-10-6-4-8-14(16)17-19-11-12-20(17)18/h3-10,21H,2,11-12H2,1H3. The van der Waals surface area contributed by atoms with Crippen molar-refractivity contribution in [1.82, 2.24) is 4.90 Å². The molecule has 1 atom stereocenters. The van der Waals surface area contributed by atoms with Gasteiger partial charge in [-0.05, 0) is 12.0 Å². The molecule has 0 aromatic heterocycles. The number of hydrogen-bond donors (Lipinski definition) is 1. The van der Waals surface area contributed by atoms with E-state index in [1.54, 1.807) is 0 Å². The normalized spacial score (nSPS) is 23.0. The lowest BCUT2D eigenvalue weighted by Gasteiger charge is -2.35. The Hall–Kier alpha value is -2.13. The Morgan fingerprint density at radius 1 is 1.10 bits per heavy atom. The summed E-state index contributed by atoms with van der Waals surface area (Å²) >= 11 is 0. The minimum absolute atomic E-state index is 0.750. The van der Waals surface area contributed by atoms with Gasteiger partial charge >= 0.3 is 0 Å². The van der Waals surface area contributed by atoms with Crippen molar-refractivity contribution in [2.75, 3.05) is 13.1 Å².